The molecule has 0 radical (unpaired) electrons. The minimum absolute atomic E-state index is 0.0165. The number of non-ortho nitro benzene ring substituents is 1. The Labute approximate surface area is 186 Å². The summed E-state index contributed by atoms with van der Waals surface area (Å²) in [4.78, 5) is 18.8. The van der Waals surface area contributed by atoms with Gasteiger partial charge in [0, 0.05) is 33.7 Å². The van der Waals surface area contributed by atoms with Crippen molar-refractivity contribution >= 4 is 44.9 Å². The normalized spacial score (nSPS) is 11.7. The molecular weight excluding hydrogens is 426 g/mol. The molecule has 0 saturated carbocycles. The van der Waals surface area contributed by atoms with E-state index in [1.807, 2.05) is 28.8 Å². The van der Waals surface area contributed by atoms with Crippen molar-refractivity contribution in [2.24, 2.45) is 4.99 Å². The number of nitro groups is 1. The molecular formula is C24H14ClN5O2. The molecule has 5 aromatic rings. The number of fused-ring (bicyclic) bond motifs is 3. The van der Waals surface area contributed by atoms with Crippen molar-refractivity contribution in [2.75, 3.05) is 0 Å². The van der Waals surface area contributed by atoms with Gasteiger partial charge in [-0.15, -0.1) is 0 Å². The third-order valence-corrected chi connectivity index (χ3v) is 5.42. The Balaban J connectivity index is 1.94. The van der Waals surface area contributed by atoms with Crippen molar-refractivity contribution in [1.29, 1.82) is 5.26 Å². The standard InChI is InChI=1S/C24H14ClN5O2/c25-16-5-7-17(8-6-16)27-24-15(14-26)13-22-23(20-3-1-2-4-21(20)28-22)29(24)18-9-11-19(12-10-18)30(31)32/h1-13,28H. The number of nitrogens with one attached hydrogen (secondary N) is 1. The molecule has 154 valence electrons. The van der Waals surface area contributed by atoms with E-state index in [0.717, 1.165) is 21.9 Å². The van der Waals surface area contributed by atoms with Crippen molar-refractivity contribution in [1.82, 2.24) is 9.55 Å². The molecule has 32 heavy (non-hydrogen) atoms. The average molecular weight is 440 g/mol. The topological polar surface area (TPSA) is 100 Å². The zero-order chi connectivity index (χ0) is 22.2. The molecule has 1 N–H and O–H groups in total. The van der Waals surface area contributed by atoms with Gasteiger partial charge in [-0.1, -0.05) is 29.8 Å². The van der Waals surface area contributed by atoms with Gasteiger partial charge in [0.1, 0.15) is 6.07 Å². The van der Waals surface area contributed by atoms with Crippen LogP contribution in [0.1, 0.15) is 5.56 Å². The zero-order valence-corrected chi connectivity index (χ0v) is 17.2. The summed E-state index contributed by atoms with van der Waals surface area (Å²) in [5, 5.41) is 22.6. The number of para-hydroxylation sites is 1. The molecule has 5 rings (SSSR count). The lowest BCUT2D eigenvalue weighted by Gasteiger charge is -2.12. The van der Waals surface area contributed by atoms with E-state index >= 15 is 0 Å². The maximum absolute atomic E-state index is 11.2. The van der Waals surface area contributed by atoms with Gasteiger partial charge in [-0.25, -0.2) is 4.99 Å². The molecule has 0 aliphatic rings. The molecule has 0 amide bonds. The van der Waals surface area contributed by atoms with E-state index in [2.05, 4.69) is 11.1 Å². The quantitative estimate of drug-likeness (QED) is 0.285. The van der Waals surface area contributed by atoms with Crippen molar-refractivity contribution in [3.05, 3.63) is 105 Å². The molecule has 0 atom stereocenters. The number of nitrogens with zero attached hydrogens (tertiary/aromatic N) is 4. The van der Waals surface area contributed by atoms with Gasteiger partial charge in [0.2, 0.25) is 0 Å². The van der Waals surface area contributed by atoms with Crippen molar-refractivity contribution in [2.45, 2.75) is 0 Å². The highest BCUT2D eigenvalue weighted by Crippen LogP contribution is 2.28. The summed E-state index contributed by atoms with van der Waals surface area (Å²) in [5.41, 5.74) is 4.52. The Kier molecular flexibility index (Phi) is 4.70. The van der Waals surface area contributed by atoms with Crippen LogP contribution in [-0.4, -0.2) is 14.5 Å². The van der Waals surface area contributed by atoms with Gasteiger partial charge in [-0.2, -0.15) is 5.26 Å². The van der Waals surface area contributed by atoms with Crippen LogP contribution in [0, 0.1) is 21.4 Å². The third kappa shape index (κ3) is 3.29. The molecule has 2 heterocycles. The molecule has 0 unspecified atom stereocenters. The van der Waals surface area contributed by atoms with E-state index in [1.165, 1.54) is 12.1 Å². The number of halogens is 1. The Hall–Kier alpha value is -4.41. The molecule has 8 heteroatoms. The first kappa shape index (κ1) is 19.5. The molecule has 0 aliphatic carbocycles. The maximum Gasteiger partial charge on any atom is 0.269 e. The lowest BCUT2D eigenvalue weighted by atomic mass is 10.1. The first-order valence-corrected chi connectivity index (χ1v) is 10.0. The molecule has 0 fully saturated rings. The van der Waals surface area contributed by atoms with Crippen LogP contribution >= 0.6 is 11.6 Å². The summed E-state index contributed by atoms with van der Waals surface area (Å²) < 4.78 is 1.85. The number of benzene rings is 3. The van der Waals surface area contributed by atoms with E-state index in [9.17, 15) is 15.4 Å². The Morgan fingerprint density at radius 3 is 2.41 bits per heavy atom. The second-order valence-electron chi connectivity index (χ2n) is 7.12. The largest absolute Gasteiger partial charge is 0.353 e. The highest BCUT2D eigenvalue weighted by Gasteiger charge is 2.16. The summed E-state index contributed by atoms with van der Waals surface area (Å²) in [6.07, 6.45) is 0. The van der Waals surface area contributed by atoms with Crippen molar-refractivity contribution < 1.29 is 4.92 Å². The molecule has 0 aliphatic heterocycles. The second-order valence-corrected chi connectivity index (χ2v) is 7.56. The fourth-order valence-electron chi connectivity index (χ4n) is 3.73. The van der Waals surface area contributed by atoms with Crippen LogP contribution in [0.5, 0.6) is 0 Å². The number of rotatable bonds is 3. The fraction of sp³-hybridized carbons (Fsp3) is 0. The number of pyridine rings is 1. The smallest absolute Gasteiger partial charge is 0.269 e. The summed E-state index contributed by atoms with van der Waals surface area (Å²) in [7, 11) is 0. The number of aromatic nitrogens is 2. The first-order chi connectivity index (χ1) is 15.5. The van der Waals surface area contributed by atoms with Gasteiger partial charge in [0.25, 0.3) is 5.69 Å². The van der Waals surface area contributed by atoms with Gasteiger partial charge in [-0.05, 0) is 48.5 Å². The number of hydrogen-bond acceptors (Lipinski definition) is 4. The van der Waals surface area contributed by atoms with E-state index in [4.69, 9.17) is 16.6 Å². The maximum atomic E-state index is 11.2. The Bertz CT molecular complexity index is 1610. The molecule has 0 bridgehead atoms. The SMILES string of the molecule is N#Cc1cc2[nH]c3ccccc3c2n(-c2ccc([N+](=O)[O-])cc2)c1=Nc1ccc(Cl)cc1. The number of H-pyrrole nitrogens is 1. The van der Waals surface area contributed by atoms with Crippen LogP contribution in [0.15, 0.2) is 83.9 Å². The Morgan fingerprint density at radius 2 is 1.72 bits per heavy atom. The number of aromatic amines is 1. The summed E-state index contributed by atoms with van der Waals surface area (Å²) in [6, 6.07) is 25.0. The predicted molar refractivity (Wildman–Crippen MR) is 123 cm³/mol. The van der Waals surface area contributed by atoms with Gasteiger partial charge >= 0.3 is 0 Å². The van der Waals surface area contributed by atoms with Crippen molar-refractivity contribution in [3.8, 4) is 11.8 Å². The lowest BCUT2D eigenvalue weighted by Crippen LogP contribution is -2.22. The highest BCUT2D eigenvalue weighted by molar-refractivity contribution is 6.30. The molecule has 3 aromatic carbocycles. The van der Waals surface area contributed by atoms with Gasteiger partial charge in [-0.3, -0.25) is 14.7 Å². The van der Waals surface area contributed by atoms with Crippen LogP contribution in [0.2, 0.25) is 5.02 Å². The molecule has 7 nitrogen and oxygen atoms in total. The van der Waals surface area contributed by atoms with Crippen LogP contribution in [0.3, 0.4) is 0 Å². The van der Waals surface area contributed by atoms with Gasteiger partial charge < -0.3 is 4.98 Å². The lowest BCUT2D eigenvalue weighted by molar-refractivity contribution is -0.384. The third-order valence-electron chi connectivity index (χ3n) is 5.17. The Morgan fingerprint density at radius 1 is 1.00 bits per heavy atom. The molecule has 0 saturated heterocycles. The fourth-order valence-corrected chi connectivity index (χ4v) is 3.86. The summed E-state index contributed by atoms with van der Waals surface area (Å²) >= 11 is 6.01. The molecule has 2 aromatic heterocycles. The van der Waals surface area contributed by atoms with E-state index in [1.54, 1.807) is 42.5 Å². The van der Waals surface area contributed by atoms with Crippen LogP contribution in [0.25, 0.3) is 27.6 Å². The van der Waals surface area contributed by atoms with Gasteiger partial charge in [0.15, 0.2) is 5.49 Å². The molecule has 0 spiro atoms. The number of nitriles is 1. The zero-order valence-electron chi connectivity index (χ0n) is 16.5. The first-order valence-electron chi connectivity index (χ1n) is 9.67. The minimum atomic E-state index is -0.444. The van der Waals surface area contributed by atoms with Gasteiger partial charge in [0.05, 0.1) is 27.2 Å². The minimum Gasteiger partial charge on any atom is -0.353 e. The average Bonchev–Trinajstić information content (AvgIpc) is 3.18. The summed E-state index contributed by atoms with van der Waals surface area (Å²) in [6.45, 7) is 0. The van der Waals surface area contributed by atoms with Crippen LogP contribution < -0.4 is 5.49 Å². The summed E-state index contributed by atoms with van der Waals surface area (Å²) in [5.74, 6) is 0. The predicted octanol–water partition coefficient (Wildman–Crippen LogP) is 5.78. The van der Waals surface area contributed by atoms with E-state index in [0.29, 0.717) is 27.4 Å². The number of nitro benzene ring substituents is 1. The van der Waals surface area contributed by atoms with Crippen molar-refractivity contribution in [3.63, 3.8) is 0 Å². The highest BCUT2D eigenvalue weighted by atomic mass is 35.5. The monoisotopic (exact) mass is 439 g/mol. The van der Waals surface area contributed by atoms with Crippen LogP contribution in [-0.2, 0) is 0 Å². The second kappa shape index (κ2) is 7.69. The number of hydrogen-bond donors (Lipinski definition) is 1. The van der Waals surface area contributed by atoms with Crippen LogP contribution in [0.4, 0.5) is 11.4 Å². The van der Waals surface area contributed by atoms with E-state index in [-0.39, 0.29) is 5.69 Å². The van der Waals surface area contributed by atoms with E-state index < -0.39 is 4.92 Å².